The molecule has 0 aliphatic carbocycles. The molecule has 0 unspecified atom stereocenters. The van der Waals surface area contributed by atoms with E-state index in [1.54, 1.807) is 4.57 Å². The van der Waals surface area contributed by atoms with Crippen molar-refractivity contribution in [3.05, 3.63) is 28.5 Å². The fourth-order valence-corrected chi connectivity index (χ4v) is 3.00. The van der Waals surface area contributed by atoms with Gasteiger partial charge in [-0.2, -0.15) is 13.2 Å². The topological polar surface area (TPSA) is 54.9 Å². The molecule has 116 valence electrons. The Morgan fingerprint density at radius 1 is 1.33 bits per heavy atom. The summed E-state index contributed by atoms with van der Waals surface area (Å²) in [6.07, 6.45) is -2.93. The van der Waals surface area contributed by atoms with Crippen molar-refractivity contribution in [2.45, 2.75) is 19.1 Å². The lowest BCUT2D eigenvalue weighted by Gasteiger charge is -2.07. The van der Waals surface area contributed by atoms with Gasteiger partial charge in [-0.25, -0.2) is 8.42 Å². The van der Waals surface area contributed by atoms with Crippen molar-refractivity contribution in [2.24, 2.45) is 0 Å². The Kier molecular flexibility index (Phi) is 4.16. The van der Waals surface area contributed by atoms with Crippen LogP contribution >= 0.6 is 12.2 Å². The van der Waals surface area contributed by atoms with Crippen LogP contribution in [0.3, 0.4) is 0 Å². The molecule has 0 aliphatic rings. The standard InChI is InChI=1S/C12H13F3N2O2S2/c1-21(18,19)6-2-5-17-10-4-3-8(12(13,14)15)7-9(10)16-11(17)20/h3-4,7H,2,5-6H2,1H3,(H,16,20). The van der Waals surface area contributed by atoms with Gasteiger partial charge in [0.25, 0.3) is 0 Å². The van der Waals surface area contributed by atoms with Crippen LogP contribution in [0.2, 0.25) is 0 Å². The first-order valence-electron chi connectivity index (χ1n) is 6.05. The third-order valence-electron chi connectivity index (χ3n) is 3.00. The molecule has 0 radical (unpaired) electrons. The lowest BCUT2D eigenvalue weighted by atomic mass is 10.2. The number of aromatic amines is 1. The van der Waals surface area contributed by atoms with Gasteiger partial charge in [-0.05, 0) is 36.8 Å². The zero-order chi connectivity index (χ0) is 15.8. The molecule has 0 bridgehead atoms. The number of nitrogens with one attached hydrogen (secondary N) is 1. The van der Waals surface area contributed by atoms with Gasteiger partial charge in [0.2, 0.25) is 0 Å². The molecule has 2 aromatic rings. The third kappa shape index (κ3) is 3.85. The maximum Gasteiger partial charge on any atom is 0.416 e. The van der Waals surface area contributed by atoms with Crippen molar-refractivity contribution in [2.75, 3.05) is 12.0 Å². The molecule has 0 atom stereocenters. The quantitative estimate of drug-likeness (QED) is 0.872. The van der Waals surface area contributed by atoms with Gasteiger partial charge < -0.3 is 9.55 Å². The number of fused-ring (bicyclic) bond motifs is 1. The highest BCUT2D eigenvalue weighted by atomic mass is 32.2. The summed E-state index contributed by atoms with van der Waals surface area (Å²) in [5, 5.41) is 0. The minimum Gasteiger partial charge on any atom is -0.331 e. The third-order valence-corrected chi connectivity index (χ3v) is 4.35. The van der Waals surface area contributed by atoms with Crippen LogP contribution in [0.1, 0.15) is 12.0 Å². The summed E-state index contributed by atoms with van der Waals surface area (Å²) in [6.45, 7) is 0.331. The molecule has 9 heteroatoms. The van der Waals surface area contributed by atoms with Gasteiger partial charge in [0.15, 0.2) is 4.77 Å². The zero-order valence-corrected chi connectivity index (χ0v) is 12.7. The Morgan fingerprint density at radius 3 is 2.57 bits per heavy atom. The van der Waals surface area contributed by atoms with E-state index < -0.39 is 21.6 Å². The first-order chi connectivity index (χ1) is 9.58. The van der Waals surface area contributed by atoms with Crippen LogP contribution in [0, 0.1) is 4.77 Å². The number of hydrogen-bond donors (Lipinski definition) is 1. The van der Waals surface area contributed by atoms with Gasteiger partial charge in [-0.3, -0.25) is 0 Å². The largest absolute Gasteiger partial charge is 0.416 e. The average molecular weight is 338 g/mol. The molecule has 0 saturated carbocycles. The number of imidazole rings is 1. The summed E-state index contributed by atoms with van der Waals surface area (Å²) < 4.78 is 62.0. The van der Waals surface area contributed by atoms with Gasteiger partial charge in [0, 0.05) is 12.8 Å². The molecule has 0 amide bonds. The van der Waals surface area contributed by atoms with E-state index in [2.05, 4.69) is 4.98 Å². The highest BCUT2D eigenvalue weighted by molar-refractivity contribution is 7.90. The van der Waals surface area contributed by atoms with E-state index in [0.29, 0.717) is 18.5 Å². The normalized spacial score (nSPS) is 13.0. The van der Waals surface area contributed by atoms with Crippen LogP contribution in [0.15, 0.2) is 18.2 Å². The average Bonchev–Trinajstić information content (AvgIpc) is 2.62. The van der Waals surface area contributed by atoms with Crippen molar-refractivity contribution in [1.29, 1.82) is 0 Å². The molecule has 0 spiro atoms. The molecule has 0 aliphatic heterocycles. The second kappa shape index (κ2) is 5.45. The van der Waals surface area contributed by atoms with Gasteiger partial charge in [0.05, 0.1) is 22.3 Å². The van der Waals surface area contributed by atoms with E-state index in [9.17, 15) is 21.6 Å². The fourth-order valence-electron chi connectivity index (χ4n) is 2.05. The Balaban J connectivity index is 2.33. The maximum atomic E-state index is 12.6. The number of H-pyrrole nitrogens is 1. The molecule has 21 heavy (non-hydrogen) atoms. The summed E-state index contributed by atoms with van der Waals surface area (Å²) >= 11 is 5.07. The van der Waals surface area contributed by atoms with Crippen LogP contribution in [0.5, 0.6) is 0 Å². The molecule has 2 rings (SSSR count). The number of benzene rings is 1. The lowest BCUT2D eigenvalue weighted by Crippen LogP contribution is -2.08. The Morgan fingerprint density at radius 2 is 2.00 bits per heavy atom. The molecule has 0 fully saturated rings. The molecule has 0 saturated heterocycles. The first kappa shape index (κ1) is 16.0. The van der Waals surface area contributed by atoms with Crippen LogP contribution in [0.4, 0.5) is 13.2 Å². The number of aromatic nitrogens is 2. The van der Waals surface area contributed by atoms with Gasteiger partial charge in [-0.15, -0.1) is 0 Å². The molecule has 1 heterocycles. The van der Waals surface area contributed by atoms with E-state index in [0.717, 1.165) is 18.4 Å². The minimum atomic E-state index is -4.41. The second-order valence-electron chi connectivity index (χ2n) is 4.79. The Labute approximate surface area is 124 Å². The van der Waals surface area contributed by atoms with E-state index in [-0.39, 0.29) is 16.0 Å². The summed E-state index contributed by atoms with van der Waals surface area (Å²) in [5.74, 6) is 0.00206. The van der Waals surface area contributed by atoms with Crippen molar-refractivity contribution in [1.82, 2.24) is 9.55 Å². The number of nitrogens with zero attached hydrogens (tertiary/aromatic N) is 1. The molecule has 1 aromatic heterocycles. The number of hydrogen-bond acceptors (Lipinski definition) is 3. The van der Waals surface area contributed by atoms with E-state index in [4.69, 9.17) is 12.2 Å². The summed E-state index contributed by atoms with van der Waals surface area (Å²) in [5.41, 5.74) is 0.0604. The predicted molar refractivity (Wildman–Crippen MR) is 76.5 cm³/mol. The maximum absolute atomic E-state index is 12.6. The second-order valence-corrected chi connectivity index (χ2v) is 7.44. The van der Waals surface area contributed by atoms with Crippen LogP contribution in [-0.4, -0.2) is 30.0 Å². The van der Waals surface area contributed by atoms with Crippen molar-refractivity contribution in [3.63, 3.8) is 0 Å². The number of rotatable bonds is 4. The van der Waals surface area contributed by atoms with Crippen molar-refractivity contribution >= 4 is 33.1 Å². The van der Waals surface area contributed by atoms with Gasteiger partial charge in [-0.1, -0.05) is 0 Å². The summed E-state index contributed by atoms with van der Waals surface area (Å²) in [7, 11) is -3.08. The highest BCUT2D eigenvalue weighted by Crippen LogP contribution is 2.31. The van der Waals surface area contributed by atoms with E-state index >= 15 is 0 Å². The SMILES string of the molecule is CS(=O)(=O)CCCn1c(=S)[nH]c2cc(C(F)(F)F)ccc21. The number of sulfone groups is 1. The first-order valence-corrected chi connectivity index (χ1v) is 8.52. The summed E-state index contributed by atoms with van der Waals surface area (Å²) in [6, 6.07) is 3.32. The van der Waals surface area contributed by atoms with E-state index in [1.165, 1.54) is 6.07 Å². The highest BCUT2D eigenvalue weighted by Gasteiger charge is 2.30. The van der Waals surface area contributed by atoms with Gasteiger partial charge in [0.1, 0.15) is 9.84 Å². The van der Waals surface area contributed by atoms with Gasteiger partial charge >= 0.3 is 6.18 Å². The molecular formula is C12H13F3N2O2S2. The number of aryl methyl sites for hydroxylation is 1. The van der Waals surface area contributed by atoms with Crippen LogP contribution in [0.25, 0.3) is 11.0 Å². The van der Waals surface area contributed by atoms with Crippen molar-refractivity contribution < 1.29 is 21.6 Å². The smallest absolute Gasteiger partial charge is 0.331 e. The van der Waals surface area contributed by atoms with Crippen LogP contribution in [-0.2, 0) is 22.6 Å². The lowest BCUT2D eigenvalue weighted by molar-refractivity contribution is -0.137. The number of halogens is 3. The zero-order valence-electron chi connectivity index (χ0n) is 11.1. The molecule has 1 aromatic carbocycles. The monoisotopic (exact) mass is 338 g/mol. The molecule has 1 N–H and O–H groups in total. The van der Waals surface area contributed by atoms with Crippen molar-refractivity contribution in [3.8, 4) is 0 Å². The molecular weight excluding hydrogens is 325 g/mol. The van der Waals surface area contributed by atoms with Crippen LogP contribution < -0.4 is 0 Å². The fraction of sp³-hybridized carbons (Fsp3) is 0.417. The summed E-state index contributed by atoms with van der Waals surface area (Å²) in [4.78, 5) is 2.72. The predicted octanol–water partition coefficient (Wildman–Crippen LogP) is 3.15. The van der Waals surface area contributed by atoms with E-state index in [1.807, 2.05) is 0 Å². The molecule has 4 nitrogen and oxygen atoms in total. The Hall–Kier alpha value is -1.35. The Bertz CT molecular complexity index is 819. The minimum absolute atomic E-state index is 0.00206. The number of alkyl halides is 3.